The molecule has 0 bridgehead atoms. The fourth-order valence-corrected chi connectivity index (χ4v) is 4.56. The minimum absolute atomic E-state index is 0.0173. The zero-order valence-electron chi connectivity index (χ0n) is 20.7. The summed E-state index contributed by atoms with van der Waals surface area (Å²) in [6, 6.07) is 16.3. The number of nitrogens with zero attached hydrogens (tertiary/aromatic N) is 4. The van der Waals surface area contributed by atoms with Crippen LogP contribution in [0.15, 0.2) is 79.4 Å². The van der Waals surface area contributed by atoms with Gasteiger partial charge in [-0.3, -0.25) is 14.9 Å². The molecule has 0 radical (unpaired) electrons. The first-order chi connectivity index (χ1) is 19.2. The van der Waals surface area contributed by atoms with E-state index in [9.17, 15) is 19.7 Å². The number of nitro benzene ring substituents is 1. The van der Waals surface area contributed by atoms with E-state index in [2.05, 4.69) is 26.0 Å². The highest BCUT2D eigenvalue weighted by molar-refractivity contribution is 9.10. The van der Waals surface area contributed by atoms with Crippen LogP contribution in [-0.4, -0.2) is 40.0 Å². The minimum Gasteiger partial charge on any atom is -0.474 e. The van der Waals surface area contributed by atoms with Gasteiger partial charge in [0.05, 0.1) is 28.6 Å². The minimum atomic E-state index is -0.719. The summed E-state index contributed by atoms with van der Waals surface area (Å²) in [7, 11) is 0. The molecule has 5 rings (SSSR count). The summed E-state index contributed by atoms with van der Waals surface area (Å²) in [6.45, 7) is 1.14. The fourth-order valence-electron chi connectivity index (χ4n) is 3.96. The first-order valence-corrected chi connectivity index (χ1v) is 12.9. The zero-order valence-corrected chi connectivity index (χ0v) is 23.0. The van der Waals surface area contributed by atoms with Gasteiger partial charge in [-0.1, -0.05) is 39.7 Å². The van der Waals surface area contributed by atoms with Gasteiger partial charge in [-0.2, -0.15) is 9.78 Å². The van der Waals surface area contributed by atoms with Crippen molar-refractivity contribution in [1.82, 2.24) is 9.66 Å². The molecule has 0 saturated heterocycles. The second kappa shape index (κ2) is 11.3. The van der Waals surface area contributed by atoms with Crippen molar-refractivity contribution in [3.05, 3.63) is 96.2 Å². The van der Waals surface area contributed by atoms with Gasteiger partial charge in [0, 0.05) is 26.5 Å². The van der Waals surface area contributed by atoms with Crippen LogP contribution in [0.1, 0.15) is 12.5 Å². The third-order valence-corrected chi connectivity index (χ3v) is 6.38. The molecule has 0 amide bonds. The van der Waals surface area contributed by atoms with Crippen LogP contribution in [0.2, 0.25) is 5.02 Å². The van der Waals surface area contributed by atoms with Crippen LogP contribution in [0.4, 0.5) is 5.69 Å². The molecule has 0 aliphatic rings. The summed E-state index contributed by atoms with van der Waals surface area (Å²) in [5, 5.41) is 17.1. The van der Waals surface area contributed by atoms with Crippen molar-refractivity contribution in [1.29, 1.82) is 0 Å². The maximum Gasteiger partial charge on any atom is 0.344 e. The van der Waals surface area contributed by atoms with E-state index in [0.717, 1.165) is 20.6 Å². The molecule has 0 spiro atoms. The van der Waals surface area contributed by atoms with Gasteiger partial charge in [0.25, 0.3) is 5.56 Å². The molecule has 0 unspecified atom stereocenters. The maximum absolute atomic E-state index is 13.6. The molecule has 3 aromatic carbocycles. The summed E-state index contributed by atoms with van der Waals surface area (Å²) >= 11 is 9.57. The van der Waals surface area contributed by atoms with E-state index in [-0.39, 0.29) is 39.9 Å². The van der Waals surface area contributed by atoms with Crippen LogP contribution in [0.5, 0.6) is 5.75 Å². The Bertz CT molecular complexity index is 1880. The van der Waals surface area contributed by atoms with Crippen molar-refractivity contribution >= 4 is 67.3 Å². The number of fused-ring (bicyclic) bond motifs is 2. The van der Waals surface area contributed by atoms with Crippen molar-refractivity contribution in [2.24, 2.45) is 5.10 Å². The van der Waals surface area contributed by atoms with Crippen LogP contribution in [0.3, 0.4) is 0 Å². The molecule has 202 valence electrons. The maximum atomic E-state index is 13.6. The third kappa shape index (κ3) is 5.44. The van der Waals surface area contributed by atoms with E-state index < -0.39 is 28.7 Å². The van der Waals surface area contributed by atoms with Gasteiger partial charge in [0.2, 0.25) is 11.6 Å². The summed E-state index contributed by atoms with van der Waals surface area (Å²) in [4.78, 5) is 41.1. The highest BCUT2D eigenvalue weighted by Crippen LogP contribution is 2.34. The molecule has 11 nitrogen and oxygen atoms in total. The third-order valence-electron chi connectivity index (χ3n) is 5.66. The van der Waals surface area contributed by atoms with Gasteiger partial charge in [0.1, 0.15) is 5.58 Å². The van der Waals surface area contributed by atoms with E-state index in [1.165, 1.54) is 12.3 Å². The fraction of sp³-hybridized carbons (Fsp3) is 0.111. The number of carbonyl (C=O) groups excluding carboxylic acids is 1. The van der Waals surface area contributed by atoms with E-state index in [1.807, 2.05) is 12.1 Å². The average molecular weight is 626 g/mol. The second-order valence-electron chi connectivity index (χ2n) is 8.30. The Hall–Kier alpha value is -4.55. The number of nitro groups is 1. The molecule has 2 aromatic heterocycles. The molecule has 0 fully saturated rings. The van der Waals surface area contributed by atoms with Crippen molar-refractivity contribution in [3.63, 3.8) is 0 Å². The lowest BCUT2D eigenvalue weighted by Crippen LogP contribution is -2.20. The Morgan fingerprint density at radius 2 is 2.02 bits per heavy atom. The Labute approximate surface area is 238 Å². The van der Waals surface area contributed by atoms with Gasteiger partial charge < -0.3 is 13.9 Å². The molecule has 0 aliphatic heterocycles. The topological polar surface area (TPSA) is 139 Å². The summed E-state index contributed by atoms with van der Waals surface area (Å²) < 4.78 is 18.2. The number of carbonyl (C=O) groups is 1. The Balaban J connectivity index is 1.67. The van der Waals surface area contributed by atoms with Crippen LogP contribution in [0.25, 0.3) is 33.5 Å². The number of rotatable bonds is 8. The number of halogens is 2. The van der Waals surface area contributed by atoms with Crippen molar-refractivity contribution in [2.75, 3.05) is 13.2 Å². The van der Waals surface area contributed by atoms with Crippen LogP contribution in [-0.2, 0) is 9.53 Å². The summed E-state index contributed by atoms with van der Waals surface area (Å²) in [5.74, 6) is -0.631. The molecule has 0 saturated carbocycles. The number of benzene rings is 3. The quantitative estimate of drug-likeness (QED) is 0.0891. The van der Waals surface area contributed by atoms with E-state index in [4.69, 9.17) is 25.5 Å². The second-order valence-corrected chi connectivity index (χ2v) is 9.65. The first-order valence-electron chi connectivity index (χ1n) is 11.8. The van der Waals surface area contributed by atoms with Gasteiger partial charge in [0.15, 0.2) is 12.4 Å². The van der Waals surface area contributed by atoms with Crippen LogP contribution < -0.4 is 10.3 Å². The molecule has 13 heteroatoms. The van der Waals surface area contributed by atoms with Crippen molar-refractivity contribution in [3.8, 4) is 17.3 Å². The number of hydrogen-bond donors (Lipinski definition) is 0. The first kappa shape index (κ1) is 27.0. The smallest absolute Gasteiger partial charge is 0.344 e. The van der Waals surface area contributed by atoms with Gasteiger partial charge in [-0.05, 0) is 49.4 Å². The monoisotopic (exact) mass is 624 g/mol. The molecule has 40 heavy (non-hydrogen) atoms. The highest BCUT2D eigenvalue weighted by Gasteiger charge is 2.23. The summed E-state index contributed by atoms with van der Waals surface area (Å²) in [6.07, 6.45) is 1.17. The van der Waals surface area contributed by atoms with Crippen LogP contribution in [0, 0.1) is 10.1 Å². The van der Waals surface area contributed by atoms with E-state index in [0.29, 0.717) is 11.1 Å². The van der Waals surface area contributed by atoms with Crippen molar-refractivity contribution < 1.29 is 23.6 Å². The Morgan fingerprint density at radius 1 is 1.23 bits per heavy atom. The SMILES string of the molecule is CCOC(=O)COc1c(C=Nn2c(-c3cc4cc(Br)ccc4o3)nc3ccccc3c2=O)cc(Cl)cc1[N+](=O)[O-]. The Kier molecular flexibility index (Phi) is 7.63. The van der Waals surface area contributed by atoms with E-state index >= 15 is 0 Å². The lowest BCUT2D eigenvalue weighted by Gasteiger charge is -2.10. The predicted octanol–water partition coefficient (Wildman–Crippen LogP) is 5.96. The molecular weight excluding hydrogens is 608 g/mol. The lowest BCUT2D eigenvalue weighted by molar-refractivity contribution is -0.385. The zero-order chi connectivity index (χ0) is 28.4. The molecule has 0 N–H and O–H groups in total. The van der Waals surface area contributed by atoms with Gasteiger partial charge in [-0.25, -0.2) is 9.78 Å². The molecule has 5 aromatic rings. The normalized spacial score (nSPS) is 11.4. The standard InChI is InChI=1S/C27H18BrClN4O7/c1-2-38-24(34)14-39-25-16(10-18(29)12-21(25)33(36)37)13-30-32-26(31-20-6-4-3-5-19(20)27(32)35)23-11-15-9-17(28)7-8-22(15)40-23/h3-13H,2,14H2,1H3. The average Bonchev–Trinajstić information content (AvgIpc) is 3.34. The van der Waals surface area contributed by atoms with Crippen molar-refractivity contribution in [2.45, 2.75) is 6.92 Å². The number of aromatic nitrogens is 2. The number of hydrogen-bond acceptors (Lipinski definition) is 9. The molecule has 0 atom stereocenters. The van der Waals surface area contributed by atoms with Gasteiger partial charge >= 0.3 is 11.7 Å². The number of para-hydroxylation sites is 1. The van der Waals surface area contributed by atoms with Gasteiger partial charge in [-0.15, -0.1) is 0 Å². The molecule has 0 aliphatic carbocycles. The Morgan fingerprint density at radius 3 is 2.80 bits per heavy atom. The number of esters is 1. The highest BCUT2D eigenvalue weighted by atomic mass is 79.9. The largest absolute Gasteiger partial charge is 0.474 e. The van der Waals surface area contributed by atoms with Crippen LogP contribution >= 0.6 is 27.5 Å². The predicted molar refractivity (Wildman–Crippen MR) is 152 cm³/mol. The van der Waals surface area contributed by atoms with E-state index in [1.54, 1.807) is 43.3 Å². The number of furan rings is 1. The number of ether oxygens (including phenoxy) is 2. The molecular formula is C27H18BrClN4O7. The lowest BCUT2D eigenvalue weighted by atomic mass is 10.2. The summed E-state index contributed by atoms with van der Waals surface area (Å²) in [5.41, 5.74) is 0.0288. The molecule has 2 heterocycles.